The van der Waals surface area contributed by atoms with Crippen molar-refractivity contribution < 1.29 is 39.9 Å². The lowest BCUT2D eigenvalue weighted by molar-refractivity contribution is -0.330. The lowest BCUT2D eigenvalue weighted by Gasteiger charge is -2.37. The van der Waals surface area contributed by atoms with E-state index in [1.807, 2.05) is 0 Å². The molecule has 0 aliphatic carbocycles. The quantitative estimate of drug-likeness (QED) is 0.679. The van der Waals surface area contributed by atoms with E-state index in [1.54, 1.807) is 0 Å². The minimum Gasteiger partial charge on any atom is -0.332 e. The summed E-state index contributed by atoms with van der Waals surface area (Å²) in [6.07, 6.45) is -5.04. The Morgan fingerprint density at radius 2 is 1.19 bits per heavy atom. The van der Waals surface area contributed by atoms with Gasteiger partial charge in [0.25, 0.3) is 5.91 Å². The molecule has 0 unspecified atom stereocenters. The van der Waals surface area contributed by atoms with Crippen molar-refractivity contribution in [1.82, 2.24) is 4.90 Å². The highest BCUT2D eigenvalue weighted by Crippen LogP contribution is 2.49. The van der Waals surface area contributed by atoms with Gasteiger partial charge in [-0.25, -0.2) is 8.78 Å². The van der Waals surface area contributed by atoms with E-state index in [9.17, 15) is 39.9 Å². The predicted octanol–water partition coefficient (Wildman–Crippen LogP) is 3.80. The smallest absolute Gasteiger partial charge is 0.332 e. The third-order valence-corrected chi connectivity index (χ3v) is 2.70. The molecule has 0 saturated heterocycles. The fourth-order valence-corrected chi connectivity index (χ4v) is 1.71. The maximum atomic E-state index is 13.5. The molecule has 0 aliphatic heterocycles. The van der Waals surface area contributed by atoms with Gasteiger partial charge in [0.2, 0.25) is 0 Å². The van der Waals surface area contributed by atoms with Gasteiger partial charge in [-0.15, -0.1) is 0 Å². The van der Waals surface area contributed by atoms with E-state index in [0.29, 0.717) is 0 Å². The van der Waals surface area contributed by atoms with Crippen molar-refractivity contribution in [2.75, 3.05) is 0 Å². The number of amides is 1. The molecule has 0 aliphatic rings. The molecule has 0 aromatic heterocycles. The Labute approximate surface area is 116 Å². The van der Waals surface area contributed by atoms with Crippen LogP contribution in [-0.4, -0.2) is 47.1 Å². The molecule has 126 valence electrons. The third-order valence-electron chi connectivity index (χ3n) is 2.70. The molecule has 21 heavy (non-hydrogen) atoms. The normalized spacial score (nSPS) is 14.2. The minimum atomic E-state index is -6.52. The topological polar surface area (TPSA) is 20.3 Å². The fourth-order valence-electron chi connectivity index (χ4n) is 1.71. The van der Waals surface area contributed by atoms with Crippen molar-refractivity contribution >= 4 is 5.91 Å². The highest BCUT2D eigenvalue weighted by molar-refractivity contribution is 5.85. The van der Waals surface area contributed by atoms with E-state index in [2.05, 4.69) is 0 Å². The second-order valence-corrected chi connectivity index (χ2v) is 4.97. The molecular weight excluding hydrogens is 314 g/mol. The number of nitrogens with zero attached hydrogens (tertiary/aromatic N) is 1. The van der Waals surface area contributed by atoms with Gasteiger partial charge in [0.1, 0.15) is 0 Å². The van der Waals surface area contributed by atoms with Crippen LogP contribution in [0.25, 0.3) is 0 Å². The van der Waals surface area contributed by atoms with Crippen LogP contribution < -0.4 is 0 Å². The van der Waals surface area contributed by atoms with E-state index in [0.717, 1.165) is 0 Å². The zero-order valence-electron chi connectivity index (χ0n) is 11.6. The standard InChI is InChI=1S/C11H15F8NO/c1-5(2)20(6(3)4)8(21)10(16,17)11(18,19)9(14,15)7(12)13/h5-7H,1-4H3. The highest BCUT2D eigenvalue weighted by Gasteiger charge is 2.78. The van der Waals surface area contributed by atoms with E-state index in [-0.39, 0.29) is 4.90 Å². The number of halogens is 8. The average molecular weight is 329 g/mol. The maximum absolute atomic E-state index is 13.5. The molecular formula is C11H15F8NO. The molecule has 0 aromatic carbocycles. The van der Waals surface area contributed by atoms with Crippen molar-refractivity contribution in [2.45, 2.75) is 64.0 Å². The Morgan fingerprint density at radius 1 is 0.857 bits per heavy atom. The van der Waals surface area contributed by atoms with Crippen LogP contribution in [0, 0.1) is 0 Å². The van der Waals surface area contributed by atoms with Gasteiger partial charge < -0.3 is 4.90 Å². The molecule has 0 fully saturated rings. The van der Waals surface area contributed by atoms with E-state index in [1.165, 1.54) is 27.7 Å². The summed E-state index contributed by atoms with van der Waals surface area (Å²) in [4.78, 5) is 11.7. The Bertz CT molecular complexity index is 372. The summed E-state index contributed by atoms with van der Waals surface area (Å²) in [6.45, 7) is 4.77. The third kappa shape index (κ3) is 3.23. The molecule has 0 bridgehead atoms. The van der Waals surface area contributed by atoms with Crippen LogP contribution in [0.15, 0.2) is 0 Å². The molecule has 0 spiro atoms. The minimum absolute atomic E-state index is 0.232. The van der Waals surface area contributed by atoms with Crippen molar-refractivity contribution in [3.8, 4) is 0 Å². The van der Waals surface area contributed by atoms with E-state index >= 15 is 0 Å². The van der Waals surface area contributed by atoms with E-state index < -0.39 is 42.2 Å². The van der Waals surface area contributed by atoms with Gasteiger partial charge in [-0.1, -0.05) is 0 Å². The molecule has 10 heteroatoms. The fraction of sp³-hybridized carbons (Fsp3) is 0.909. The van der Waals surface area contributed by atoms with Gasteiger partial charge >= 0.3 is 24.2 Å². The van der Waals surface area contributed by atoms with Gasteiger partial charge in [-0.2, -0.15) is 26.3 Å². The van der Waals surface area contributed by atoms with Crippen LogP contribution in [0.5, 0.6) is 0 Å². The Kier molecular flexibility index (Phi) is 5.65. The monoisotopic (exact) mass is 329 g/mol. The van der Waals surface area contributed by atoms with E-state index in [4.69, 9.17) is 0 Å². The number of alkyl halides is 8. The molecule has 1 amide bonds. The van der Waals surface area contributed by atoms with Gasteiger partial charge in [0.15, 0.2) is 0 Å². The molecule has 0 radical (unpaired) electrons. The Balaban J connectivity index is 5.80. The van der Waals surface area contributed by atoms with Crippen LogP contribution in [0.4, 0.5) is 35.1 Å². The lowest BCUT2D eigenvalue weighted by Crippen LogP contribution is -2.64. The first kappa shape index (κ1) is 19.9. The summed E-state index contributed by atoms with van der Waals surface area (Å²) in [5.41, 5.74) is 0. The molecule has 0 rings (SSSR count). The summed E-state index contributed by atoms with van der Waals surface area (Å²) in [5, 5.41) is 0. The summed E-state index contributed by atoms with van der Waals surface area (Å²) in [6, 6.07) is -2.03. The van der Waals surface area contributed by atoms with Crippen molar-refractivity contribution in [3.05, 3.63) is 0 Å². The first-order valence-corrected chi connectivity index (χ1v) is 5.86. The molecule has 0 aromatic rings. The Hall–Kier alpha value is -1.09. The highest BCUT2D eigenvalue weighted by atomic mass is 19.4. The van der Waals surface area contributed by atoms with Gasteiger partial charge in [-0.3, -0.25) is 4.79 Å². The summed E-state index contributed by atoms with van der Waals surface area (Å²) in [7, 11) is 0. The molecule has 0 N–H and O–H groups in total. The van der Waals surface area contributed by atoms with Crippen LogP contribution in [0.1, 0.15) is 27.7 Å². The second-order valence-electron chi connectivity index (χ2n) is 4.97. The molecule has 2 nitrogen and oxygen atoms in total. The maximum Gasteiger partial charge on any atom is 0.392 e. The number of carbonyl (C=O) groups is 1. The van der Waals surface area contributed by atoms with Gasteiger partial charge in [-0.05, 0) is 27.7 Å². The van der Waals surface area contributed by atoms with Crippen LogP contribution in [-0.2, 0) is 4.79 Å². The van der Waals surface area contributed by atoms with Crippen molar-refractivity contribution in [1.29, 1.82) is 0 Å². The van der Waals surface area contributed by atoms with Gasteiger partial charge in [0, 0.05) is 12.1 Å². The summed E-state index contributed by atoms with van der Waals surface area (Å²) < 4.78 is 102. The number of hydrogen-bond donors (Lipinski definition) is 0. The molecule has 0 saturated carbocycles. The zero-order chi connectivity index (χ0) is 17.4. The average Bonchev–Trinajstić information content (AvgIpc) is 2.26. The largest absolute Gasteiger partial charge is 0.392 e. The first-order valence-electron chi connectivity index (χ1n) is 5.86. The summed E-state index contributed by atoms with van der Waals surface area (Å²) >= 11 is 0. The number of hydrogen-bond acceptors (Lipinski definition) is 1. The first-order chi connectivity index (χ1) is 9.12. The Morgan fingerprint density at radius 3 is 1.43 bits per heavy atom. The predicted molar refractivity (Wildman–Crippen MR) is 58.0 cm³/mol. The van der Waals surface area contributed by atoms with Crippen molar-refractivity contribution in [2.24, 2.45) is 0 Å². The zero-order valence-corrected chi connectivity index (χ0v) is 11.6. The summed E-state index contributed by atoms with van der Waals surface area (Å²) in [5.74, 6) is -21.5. The SMILES string of the molecule is CC(C)N(C(=O)C(F)(F)C(F)(F)C(F)(F)C(F)F)C(C)C. The molecule has 0 atom stereocenters. The van der Waals surface area contributed by atoms with Crippen LogP contribution in [0.3, 0.4) is 0 Å². The molecule has 0 heterocycles. The lowest BCUT2D eigenvalue weighted by atomic mass is 10.0. The number of rotatable bonds is 6. The van der Waals surface area contributed by atoms with Crippen LogP contribution in [0.2, 0.25) is 0 Å². The van der Waals surface area contributed by atoms with Gasteiger partial charge in [0.05, 0.1) is 0 Å². The van der Waals surface area contributed by atoms with Crippen LogP contribution >= 0.6 is 0 Å². The second kappa shape index (κ2) is 5.96. The van der Waals surface area contributed by atoms with Crippen molar-refractivity contribution in [3.63, 3.8) is 0 Å². The number of carbonyl (C=O) groups excluding carboxylic acids is 1.